The molecule has 0 heterocycles. The van der Waals surface area contributed by atoms with Crippen LogP contribution in [-0.4, -0.2) is 29.0 Å². The van der Waals surface area contributed by atoms with E-state index in [4.69, 9.17) is 21.1 Å². The molecule has 0 aliphatic rings. The third-order valence-electron chi connectivity index (χ3n) is 3.04. The number of rotatable bonds is 7. The molecule has 0 spiro atoms. The molecule has 0 unspecified atom stereocenters. The van der Waals surface area contributed by atoms with Gasteiger partial charge in [-0.15, -0.1) is 11.6 Å². The van der Waals surface area contributed by atoms with Crippen molar-refractivity contribution in [3.05, 3.63) is 47.5 Å². The summed E-state index contributed by atoms with van der Waals surface area (Å²) in [6, 6.07) is 9.35. The summed E-state index contributed by atoms with van der Waals surface area (Å²) in [6.45, 7) is 7.31. The van der Waals surface area contributed by atoms with E-state index >= 15 is 0 Å². The SMILES string of the molecule is CC(=C([O-])OCc1ccccc1)N(CCCCl)C(=O)OC(C)(C)C.[Li+]. The van der Waals surface area contributed by atoms with Gasteiger partial charge in [-0.3, -0.25) is 4.90 Å². The Morgan fingerprint density at radius 3 is 2.36 bits per heavy atom. The van der Waals surface area contributed by atoms with Gasteiger partial charge >= 0.3 is 25.0 Å². The molecule has 0 saturated heterocycles. The molecule has 1 aromatic carbocycles. The molecule has 0 fully saturated rings. The van der Waals surface area contributed by atoms with Crippen LogP contribution < -0.4 is 24.0 Å². The molecule has 5 nitrogen and oxygen atoms in total. The quantitative estimate of drug-likeness (QED) is 0.406. The van der Waals surface area contributed by atoms with Crippen LogP contribution in [0.3, 0.4) is 0 Å². The van der Waals surface area contributed by atoms with Crippen molar-refractivity contribution >= 4 is 17.7 Å². The number of hydrogen-bond donors (Lipinski definition) is 0. The Labute approximate surface area is 167 Å². The Morgan fingerprint density at radius 2 is 1.84 bits per heavy atom. The molecular weight excluding hydrogens is 337 g/mol. The van der Waals surface area contributed by atoms with Gasteiger partial charge in [-0.25, -0.2) is 4.79 Å². The van der Waals surface area contributed by atoms with Crippen LogP contribution in [-0.2, 0) is 16.1 Å². The first-order valence-corrected chi connectivity index (χ1v) is 8.39. The number of ether oxygens (including phenoxy) is 2. The van der Waals surface area contributed by atoms with Crippen molar-refractivity contribution in [1.82, 2.24) is 4.90 Å². The predicted octanol–water partition coefficient (Wildman–Crippen LogP) is 0.623. The van der Waals surface area contributed by atoms with Crippen LogP contribution >= 0.6 is 11.6 Å². The van der Waals surface area contributed by atoms with Crippen LogP contribution in [0.1, 0.15) is 39.7 Å². The standard InChI is InChI=1S/C18H26ClNO4.Li/c1-14(16(21)23-13-15-9-6-5-7-10-15)20(12-8-11-19)17(22)24-18(2,3)4;/h5-7,9-10,21H,8,11-13H2,1-4H3;/q;+1/p-1. The van der Waals surface area contributed by atoms with E-state index in [2.05, 4.69) is 0 Å². The maximum Gasteiger partial charge on any atom is 1.00 e. The zero-order chi connectivity index (χ0) is 18.2. The maximum absolute atomic E-state index is 12.3. The first-order valence-electron chi connectivity index (χ1n) is 7.85. The van der Waals surface area contributed by atoms with Crippen molar-refractivity contribution in [2.75, 3.05) is 12.4 Å². The summed E-state index contributed by atoms with van der Waals surface area (Å²) < 4.78 is 10.6. The van der Waals surface area contributed by atoms with Gasteiger partial charge in [-0.2, -0.15) is 0 Å². The largest absolute Gasteiger partial charge is 1.00 e. The second-order valence-corrected chi connectivity index (χ2v) is 6.70. The molecule has 1 amide bonds. The number of allylic oxidation sites excluding steroid dienone is 1. The maximum atomic E-state index is 12.3. The Balaban J connectivity index is 0.00000576. The number of nitrogens with zero attached hydrogens (tertiary/aromatic N) is 1. The van der Waals surface area contributed by atoms with E-state index in [1.54, 1.807) is 27.7 Å². The van der Waals surface area contributed by atoms with Crippen molar-refractivity contribution in [1.29, 1.82) is 0 Å². The summed E-state index contributed by atoms with van der Waals surface area (Å²) in [7, 11) is 0. The molecule has 0 aliphatic heterocycles. The Hall–Kier alpha value is -1.28. The third kappa shape index (κ3) is 9.11. The van der Waals surface area contributed by atoms with Gasteiger partial charge in [-0.05, 0) is 39.7 Å². The number of hydrogen-bond acceptors (Lipinski definition) is 4. The molecule has 0 N–H and O–H groups in total. The average Bonchev–Trinajstić information content (AvgIpc) is 2.52. The normalized spacial score (nSPS) is 11.9. The Morgan fingerprint density at radius 1 is 1.24 bits per heavy atom. The zero-order valence-electron chi connectivity index (χ0n) is 15.7. The first-order chi connectivity index (χ1) is 11.2. The number of halogens is 1. The molecule has 0 bridgehead atoms. The fourth-order valence-corrected chi connectivity index (χ4v) is 1.99. The number of carbonyl (C=O) groups is 1. The fraction of sp³-hybridized carbons (Fsp3) is 0.500. The smallest absolute Gasteiger partial charge is 0.607 e. The summed E-state index contributed by atoms with van der Waals surface area (Å²) in [6.07, 6.45) is -0.0359. The summed E-state index contributed by atoms with van der Waals surface area (Å²) in [5.74, 6) is -0.176. The van der Waals surface area contributed by atoms with Crippen molar-refractivity contribution in [3.63, 3.8) is 0 Å². The molecule has 0 radical (unpaired) electrons. The third-order valence-corrected chi connectivity index (χ3v) is 3.31. The van der Waals surface area contributed by atoms with Crippen LogP contribution in [0.25, 0.3) is 0 Å². The van der Waals surface area contributed by atoms with Gasteiger partial charge in [0.05, 0.1) is 5.95 Å². The van der Waals surface area contributed by atoms with Crippen LogP contribution in [0.2, 0.25) is 0 Å². The Kier molecular flexibility index (Phi) is 10.8. The molecule has 0 atom stereocenters. The number of amides is 1. The van der Waals surface area contributed by atoms with Gasteiger partial charge in [0.25, 0.3) is 0 Å². The summed E-state index contributed by atoms with van der Waals surface area (Å²) in [5.41, 5.74) is 0.415. The average molecular weight is 362 g/mol. The van der Waals surface area contributed by atoms with E-state index in [0.717, 1.165) is 5.56 Å². The summed E-state index contributed by atoms with van der Waals surface area (Å²) in [4.78, 5) is 13.6. The van der Waals surface area contributed by atoms with Gasteiger partial charge in [-0.1, -0.05) is 30.3 Å². The van der Waals surface area contributed by atoms with E-state index in [-0.39, 0.29) is 31.2 Å². The van der Waals surface area contributed by atoms with E-state index in [1.165, 1.54) is 4.90 Å². The predicted molar refractivity (Wildman–Crippen MR) is 92.2 cm³/mol. The molecule has 0 saturated carbocycles. The molecule has 134 valence electrons. The Bertz CT molecular complexity index is 558. The van der Waals surface area contributed by atoms with Crippen LogP contribution in [0.5, 0.6) is 0 Å². The summed E-state index contributed by atoms with van der Waals surface area (Å²) >= 11 is 5.70. The fourth-order valence-electron chi connectivity index (χ4n) is 1.87. The molecule has 1 aromatic rings. The van der Waals surface area contributed by atoms with Gasteiger partial charge in [0.1, 0.15) is 5.60 Å². The first kappa shape index (κ1) is 23.7. The molecule has 25 heavy (non-hydrogen) atoms. The van der Waals surface area contributed by atoms with E-state index < -0.39 is 17.6 Å². The molecule has 0 aromatic heterocycles. The van der Waals surface area contributed by atoms with E-state index in [9.17, 15) is 9.90 Å². The minimum atomic E-state index is -0.648. The van der Waals surface area contributed by atoms with Crippen molar-refractivity contribution < 1.29 is 38.2 Å². The minimum absolute atomic E-state index is 0. The topological polar surface area (TPSA) is 61.8 Å². The molecule has 1 rings (SSSR count). The number of alkyl halides is 1. The monoisotopic (exact) mass is 361 g/mol. The second-order valence-electron chi connectivity index (χ2n) is 6.32. The van der Waals surface area contributed by atoms with Crippen LogP contribution in [0.4, 0.5) is 4.79 Å². The second kappa shape index (κ2) is 11.4. The van der Waals surface area contributed by atoms with Crippen LogP contribution in [0, 0.1) is 0 Å². The van der Waals surface area contributed by atoms with Gasteiger partial charge in [0, 0.05) is 24.7 Å². The van der Waals surface area contributed by atoms with Gasteiger partial charge in [0.15, 0.2) is 0 Å². The van der Waals surface area contributed by atoms with Crippen LogP contribution in [0.15, 0.2) is 42.0 Å². The molecular formula is C18H25ClLiNO4. The number of benzene rings is 1. The summed E-state index contributed by atoms with van der Waals surface area (Å²) in [5, 5.41) is 12.2. The zero-order valence-corrected chi connectivity index (χ0v) is 16.4. The van der Waals surface area contributed by atoms with E-state index in [0.29, 0.717) is 18.8 Å². The number of carbonyl (C=O) groups excluding carboxylic acids is 1. The molecule has 7 heteroatoms. The molecule has 0 aliphatic carbocycles. The van der Waals surface area contributed by atoms with Crippen molar-refractivity contribution in [2.24, 2.45) is 0 Å². The minimum Gasteiger partial charge on any atom is -0.607 e. The van der Waals surface area contributed by atoms with E-state index in [1.807, 2.05) is 30.3 Å². The van der Waals surface area contributed by atoms with Gasteiger partial charge < -0.3 is 14.6 Å². The van der Waals surface area contributed by atoms with Crippen molar-refractivity contribution in [3.8, 4) is 0 Å². The van der Waals surface area contributed by atoms with Crippen molar-refractivity contribution in [2.45, 2.75) is 46.3 Å². The van der Waals surface area contributed by atoms with Gasteiger partial charge in [0.2, 0.25) is 0 Å².